The molecule has 1 fully saturated rings. The number of likely N-dealkylation sites (tertiary alicyclic amines) is 1. The molecule has 0 aromatic carbocycles. The molecule has 1 aromatic rings. The Morgan fingerprint density at radius 2 is 2.24 bits per heavy atom. The van der Waals surface area contributed by atoms with Gasteiger partial charge in [0, 0.05) is 32.4 Å². The highest BCUT2D eigenvalue weighted by atomic mass is 16.5. The van der Waals surface area contributed by atoms with Gasteiger partial charge in [-0.3, -0.25) is 9.59 Å². The van der Waals surface area contributed by atoms with Gasteiger partial charge in [-0.25, -0.2) is 0 Å². The molecule has 116 valence electrons. The molecule has 0 saturated carbocycles. The van der Waals surface area contributed by atoms with Crippen LogP contribution in [0.3, 0.4) is 0 Å². The van der Waals surface area contributed by atoms with Gasteiger partial charge in [0.05, 0.1) is 13.0 Å². The fourth-order valence-electron chi connectivity index (χ4n) is 2.82. The highest BCUT2D eigenvalue weighted by Crippen LogP contribution is 2.22. The highest BCUT2D eigenvalue weighted by Gasteiger charge is 2.30. The lowest BCUT2D eigenvalue weighted by Crippen LogP contribution is -2.45. The highest BCUT2D eigenvalue weighted by molar-refractivity contribution is 5.93. The number of ether oxygens (including phenoxy) is 1. The summed E-state index contributed by atoms with van der Waals surface area (Å²) in [4.78, 5) is 25.4. The van der Waals surface area contributed by atoms with Crippen molar-refractivity contribution in [2.24, 2.45) is 0 Å². The van der Waals surface area contributed by atoms with Gasteiger partial charge in [0.15, 0.2) is 0 Å². The van der Waals surface area contributed by atoms with Crippen molar-refractivity contribution in [3.05, 3.63) is 24.0 Å². The van der Waals surface area contributed by atoms with Crippen LogP contribution in [0, 0.1) is 0 Å². The minimum absolute atomic E-state index is 0.0184. The first-order chi connectivity index (χ1) is 10.1. The summed E-state index contributed by atoms with van der Waals surface area (Å²) in [5.74, 6) is -0.934. The molecule has 2 heterocycles. The number of carboxylic acids is 1. The second-order valence-electron chi connectivity index (χ2n) is 5.33. The van der Waals surface area contributed by atoms with Crippen molar-refractivity contribution in [2.45, 2.75) is 38.3 Å². The van der Waals surface area contributed by atoms with Gasteiger partial charge in [0.2, 0.25) is 0 Å². The molecule has 0 radical (unpaired) electrons. The fourth-order valence-corrected chi connectivity index (χ4v) is 2.82. The Hall–Kier alpha value is -1.82. The fraction of sp³-hybridized carbons (Fsp3) is 0.600. The van der Waals surface area contributed by atoms with Gasteiger partial charge >= 0.3 is 5.97 Å². The van der Waals surface area contributed by atoms with Gasteiger partial charge in [-0.05, 0) is 31.4 Å². The van der Waals surface area contributed by atoms with E-state index < -0.39 is 5.97 Å². The molecule has 6 nitrogen and oxygen atoms in total. The van der Waals surface area contributed by atoms with Crippen LogP contribution < -0.4 is 0 Å². The van der Waals surface area contributed by atoms with Gasteiger partial charge in [-0.1, -0.05) is 0 Å². The van der Waals surface area contributed by atoms with Gasteiger partial charge in [-0.15, -0.1) is 0 Å². The number of carbonyl (C=O) groups excluding carboxylic acids is 1. The van der Waals surface area contributed by atoms with Crippen LogP contribution in [0.1, 0.15) is 36.2 Å². The summed E-state index contributed by atoms with van der Waals surface area (Å²) in [6, 6.07) is 3.42. The molecule has 2 rings (SSSR count). The summed E-state index contributed by atoms with van der Waals surface area (Å²) < 4.78 is 6.91. The number of aliphatic carboxylic acids is 1. The number of hydrogen-bond acceptors (Lipinski definition) is 3. The molecule has 1 aromatic heterocycles. The molecule has 1 amide bonds. The van der Waals surface area contributed by atoms with Crippen LogP contribution in [0.4, 0.5) is 0 Å². The lowest BCUT2D eigenvalue weighted by Gasteiger charge is -2.35. The number of carbonyl (C=O) groups is 2. The number of hydrogen-bond donors (Lipinski definition) is 1. The average molecular weight is 294 g/mol. The first-order valence-electron chi connectivity index (χ1n) is 7.30. The van der Waals surface area contributed by atoms with Gasteiger partial charge < -0.3 is 19.3 Å². The maximum Gasteiger partial charge on any atom is 0.305 e. The zero-order valence-electron chi connectivity index (χ0n) is 12.3. The maximum atomic E-state index is 12.7. The lowest BCUT2D eigenvalue weighted by atomic mass is 9.99. The molecule has 1 N–H and O–H groups in total. The van der Waals surface area contributed by atoms with E-state index in [1.54, 1.807) is 18.1 Å². The summed E-state index contributed by atoms with van der Waals surface area (Å²) in [5, 5.41) is 9.01. The van der Waals surface area contributed by atoms with Gasteiger partial charge in [0.25, 0.3) is 5.91 Å². The molecule has 1 aliphatic rings. The standard InChI is InChI=1S/C15H22N2O4/c1-21-10-9-16-7-4-6-13(16)15(20)17-8-3-2-5-12(17)11-14(18)19/h4,6-7,12H,2-3,5,8-11H2,1H3,(H,18,19). The second-order valence-corrected chi connectivity index (χ2v) is 5.33. The number of nitrogens with zero attached hydrogens (tertiary/aromatic N) is 2. The number of rotatable bonds is 6. The van der Waals surface area contributed by atoms with Crippen molar-refractivity contribution in [3.8, 4) is 0 Å². The first-order valence-corrected chi connectivity index (χ1v) is 7.30. The summed E-state index contributed by atoms with van der Waals surface area (Å²) in [6.07, 6.45) is 4.54. The van der Waals surface area contributed by atoms with E-state index in [0.29, 0.717) is 25.4 Å². The third kappa shape index (κ3) is 3.85. The zero-order valence-corrected chi connectivity index (χ0v) is 12.3. The van der Waals surface area contributed by atoms with Crippen LogP contribution in [-0.2, 0) is 16.1 Å². The van der Waals surface area contributed by atoms with Crippen LogP contribution in [0.25, 0.3) is 0 Å². The average Bonchev–Trinajstić information content (AvgIpc) is 2.92. The number of carboxylic acid groups (broad SMARTS) is 1. The van der Waals surface area contributed by atoms with Crippen molar-refractivity contribution in [2.75, 3.05) is 20.3 Å². The van der Waals surface area contributed by atoms with Crippen LogP contribution in [0.15, 0.2) is 18.3 Å². The number of aromatic nitrogens is 1. The third-order valence-electron chi connectivity index (χ3n) is 3.88. The smallest absolute Gasteiger partial charge is 0.305 e. The minimum Gasteiger partial charge on any atom is -0.481 e. The monoisotopic (exact) mass is 294 g/mol. The maximum absolute atomic E-state index is 12.7. The Balaban J connectivity index is 2.13. The molecular weight excluding hydrogens is 272 g/mol. The van der Waals surface area contributed by atoms with E-state index in [4.69, 9.17) is 9.84 Å². The van der Waals surface area contributed by atoms with Gasteiger partial charge in [-0.2, -0.15) is 0 Å². The van der Waals surface area contributed by atoms with Crippen LogP contribution in [-0.4, -0.2) is 52.8 Å². The van der Waals surface area contributed by atoms with E-state index >= 15 is 0 Å². The molecule has 1 unspecified atom stereocenters. The molecular formula is C15H22N2O4. The van der Waals surface area contributed by atoms with Crippen LogP contribution >= 0.6 is 0 Å². The number of methoxy groups -OCH3 is 1. The van der Waals surface area contributed by atoms with Crippen molar-refractivity contribution in [1.82, 2.24) is 9.47 Å². The SMILES string of the molecule is COCCn1cccc1C(=O)N1CCCCC1CC(=O)O. The summed E-state index contributed by atoms with van der Waals surface area (Å²) in [7, 11) is 1.62. The molecule has 0 aliphatic carbocycles. The van der Waals surface area contributed by atoms with Crippen molar-refractivity contribution < 1.29 is 19.4 Å². The van der Waals surface area contributed by atoms with Crippen LogP contribution in [0.2, 0.25) is 0 Å². The molecule has 21 heavy (non-hydrogen) atoms. The molecule has 1 aliphatic heterocycles. The normalized spacial score (nSPS) is 18.7. The predicted octanol–water partition coefficient (Wildman–Crippen LogP) is 1.60. The Morgan fingerprint density at radius 1 is 1.43 bits per heavy atom. The van der Waals surface area contributed by atoms with Crippen molar-refractivity contribution in [3.63, 3.8) is 0 Å². The second kappa shape index (κ2) is 7.26. The van der Waals surface area contributed by atoms with E-state index in [9.17, 15) is 9.59 Å². The molecule has 1 atom stereocenters. The van der Waals surface area contributed by atoms with E-state index in [1.807, 2.05) is 16.8 Å². The Labute approximate surface area is 124 Å². The number of amides is 1. The number of piperidine rings is 1. The Kier molecular flexibility index (Phi) is 5.38. The van der Waals surface area contributed by atoms with Gasteiger partial charge in [0.1, 0.15) is 5.69 Å². The van der Waals surface area contributed by atoms with E-state index in [1.165, 1.54) is 0 Å². The third-order valence-corrected chi connectivity index (χ3v) is 3.88. The zero-order chi connectivity index (χ0) is 15.2. The van der Waals surface area contributed by atoms with Crippen molar-refractivity contribution in [1.29, 1.82) is 0 Å². The van der Waals surface area contributed by atoms with E-state index in [-0.39, 0.29) is 18.4 Å². The topological polar surface area (TPSA) is 71.8 Å². The summed E-state index contributed by atoms with van der Waals surface area (Å²) >= 11 is 0. The van der Waals surface area contributed by atoms with Crippen LogP contribution in [0.5, 0.6) is 0 Å². The molecule has 1 saturated heterocycles. The van der Waals surface area contributed by atoms with E-state index in [2.05, 4.69) is 0 Å². The van der Waals surface area contributed by atoms with E-state index in [0.717, 1.165) is 19.3 Å². The molecule has 6 heteroatoms. The minimum atomic E-state index is -0.852. The Bertz CT molecular complexity index is 498. The molecule has 0 bridgehead atoms. The van der Waals surface area contributed by atoms with Crippen molar-refractivity contribution >= 4 is 11.9 Å². The summed E-state index contributed by atoms with van der Waals surface area (Å²) in [6.45, 7) is 1.78. The largest absolute Gasteiger partial charge is 0.481 e. The molecule has 0 spiro atoms. The summed E-state index contributed by atoms with van der Waals surface area (Å²) in [5.41, 5.74) is 0.601. The first kappa shape index (κ1) is 15.6. The lowest BCUT2D eigenvalue weighted by molar-refractivity contribution is -0.138. The quantitative estimate of drug-likeness (QED) is 0.865. The Morgan fingerprint density at radius 3 is 2.95 bits per heavy atom. The predicted molar refractivity (Wildman–Crippen MR) is 77.2 cm³/mol.